The summed E-state index contributed by atoms with van der Waals surface area (Å²) >= 11 is 0. The SMILES string of the molecule is O=C(O)C(=O)CCCCCCC1=CCCC1=O. The van der Waals surface area contributed by atoms with E-state index in [0.29, 0.717) is 12.8 Å². The van der Waals surface area contributed by atoms with Crippen molar-refractivity contribution in [2.45, 2.75) is 51.4 Å². The Labute approximate surface area is 101 Å². The summed E-state index contributed by atoms with van der Waals surface area (Å²) in [6, 6.07) is 0. The standard InChI is InChI=1S/C13H18O4/c14-11-9-5-7-10(11)6-3-1-2-4-8-12(15)13(16)17/h7H,1-6,8-9H2,(H,16,17). The van der Waals surface area contributed by atoms with Gasteiger partial charge in [0.2, 0.25) is 5.78 Å². The smallest absolute Gasteiger partial charge is 0.372 e. The number of carboxylic acids is 1. The number of unbranched alkanes of at least 4 members (excludes halogenated alkanes) is 3. The minimum absolute atomic E-state index is 0.122. The molecule has 0 spiro atoms. The summed E-state index contributed by atoms with van der Waals surface area (Å²) in [5, 5.41) is 8.36. The van der Waals surface area contributed by atoms with Gasteiger partial charge in [-0.25, -0.2) is 4.79 Å². The molecule has 1 N–H and O–H groups in total. The number of rotatable bonds is 8. The predicted octanol–water partition coefficient (Wildman–Crippen LogP) is 2.27. The van der Waals surface area contributed by atoms with Crippen molar-refractivity contribution in [3.8, 4) is 0 Å². The quantitative estimate of drug-likeness (QED) is 0.520. The minimum atomic E-state index is -1.34. The fourth-order valence-corrected chi connectivity index (χ4v) is 1.95. The van der Waals surface area contributed by atoms with E-state index in [0.717, 1.165) is 37.7 Å². The summed E-state index contributed by atoms with van der Waals surface area (Å²) in [5.41, 5.74) is 0.951. The highest BCUT2D eigenvalue weighted by Crippen LogP contribution is 2.20. The van der Waals surface area contributed by atoms with Crippen molar-refractivity contribution in [3.63, 3.8) is 0 Å². The number of Topliss-reactive ketones (excluding diaryl/α,β-unsaturated/α-hetero) is 2. The second-order valence-electron chi connectivity index (χ2n) is 4.33. The van der Waals surface area contributed by atoms with Crippen LogP contribution in [-0.2, 0) is 14.4 Å². The third kappa shape index (κ3) is 4.93. The number of carbonyl (C=O) groups excluding carboxylic acids is 2. The van der Waals surface area contributed by atoms with Crippen molar-refractivity contribution in [2.24, 2.45) is 0 Å². The lowest BCUT2D eigenvalue weighted by atomic mass is 10.0. The van der Waals surface area contributed by atoms with Crippen LogP contribution in [0.5, 0.6) is 0 Å². The van der Waals surface area contributed by atoms with Gasteiger partial charge in [-0.3, -0.25) is 9.59 Å². The lowest BCUT2D eigenvalue weighted by Gasteiger charge is -2.01. The Morgan fingerprint density at radius 2 is 1.88 bits per heavy atom. The molecule has 4 nitrogen and oxygen atoms in total. The third-order valence-corrected chi connectivity index (χ3v) is 2.96. The molecule has 1 aliphatic rings. The van der Waals surface area contributed by atoms with E-state index in [9.17, 15) is 14.4 Å². The minimum Gasteiger partial charge on any atom is -0.476 e. The summed E-state index contributed by atoms with van der Waals surface area (Å²) in [4.78, 5) is 32.3. The summed E-state index contributed by atoms with van der Waals surface area (Å²) in [6.07, 6.45) is 7.84. The number of allylic oxidation sites excluding steroid dienone is 2. The van der Waals surface area contributed by atoms with Crippen molar-refractivity contribution in [3.05, 3.63) is 11.6 Å². The monoisotopic (exact) mass is 238 g/mol. The molecule has 1 aliphatic carbocycles. The van der Waals surface area contributed by atoms with Gasteiger partial charge in [0.15, 0.2) is 5.78 Å². The van der Waals surface area contributed by atoms with E-state index in [-0.39, 0.29) is 12.2 Å². The summed E-state index contributed by atoms with van der Waals surface area (Å²) in [6.45, 7) is 0. The second kappa shape index (κ2) is 6.99. The third-order valence-electron chi connectivity index (χ3n) is 2.96. The molecule has 17 heavy (non-hydrogen) atoms. The Kier molecular flexibility index (Phi) is 5.60. The molecular formula is C13H18O4. The zero-order valence-electron chi connectivity index (χ0n) is 9.91. The van der Waals surface area contributed by atoms with Gasteiger partial charge in [0.25, 0.3) is 0 Å². The van der Waals surface area contributed by atoms with Crippen LogP contribution < -0.4 is 0 Å². The Morgan fingerprint density at radius 3 is 2.47 bits per heavy atom. The van der Waals surface area contributed by atoms with Crippen molar-refractivity contribution < 1.29 is 19.5 Å². The Bertz CT molecular complexity index is 341. The predicted molar refractivity (Wildman–Crippen MR) is 62.7 cm³/mol. The van der Waals surface area contributed by atoms with Crippen LogP contribution in [0.2, 0.25) is 0 Å². The highest BCUT2D eigenvalue weighted by molar-refractivity contribution is 6.32. The van der Waals surface area contributed by atoms with Gasteiger partial charge < -0.3 is 5.11 Å². The molecule has 1 rings (SSSR count). The molecule has 94 valence electrons. The molecule has 0 fully saturated rings. The Balaban J connectivity index is 2.00. The van der Waals surface area contributed by atoms with Crippen LogP contribution in [0, 0.1) is 0 Å². The lowest BCUT2D eigenvalue weighted by molar-refractivity contribution is -0.149. The maximum Gasteiger partial charge on any atom is 0.372 e. The zero-order chi connectivity index (χ0) is 12.7. The average molecular weight is 238 g/mol. The first-order valence-corrected chi connectivity index (χ1v) is 6.09. The number of hydrogen-bond acceptors (Lipinski definition) is 3. The average Bonchev–Trinajstić information content (AvgIpc) is 2.68. The lowest BCUT2D eigenvalue weighted by Crippen LogP contribution is -2.11. The van der Waals surface area contributed by atoms with E-state index >= 15 is 0 Å². The largest absolute Gasteiger partial charge is 0.476 e. The summed E-state index contributed by atoms with van der Waals surface area (Å²) < 4.78 is 0. The summed E-state index contributed by atoms with van der Waals surface area (Å²) in [5.74, 6) is -1.78. The van der Waals surface area contributed by atoms with E-state index in [1.165, 1.54) is 0 Å². The molecule has 0 radical (unpaired) electrons. The van der Waals surface area contributed by atoms with Crippen molar-refractivity contribution >= 4 is 17.5 Å². The normalized spacial score (nSPS) is 14.8. The van der Waals surface area contributed by atoms with Gasteiger partial charge in [-0.1, -0.05) is 18.9 Å². The Morgan fingerprint density at radius 1 is 1.18 bits per heavy atom. The van der Waals surface area contributed by atoms with Crippen molar-refractivity contribution in [1.82, 2.24) is 0 Å². The number of ketones is 2. The van der Waals surface area contributed by atoms with Crippen molar-refractivity contribution in [1.29, 1.82) is 0 Å². The molecule has 0 aromatic carbocycles. The number of carbonyl (C=O) groups is 3. The van der Waals surface area contributed by atoms with Gasteiger partial charge in [0.05, 0.1) is 0 Å². The molecule has 0 atom stereocenters. The molecule has 0 amide bonds. The second-order valence-corrected chi connectivity index (χ2v) is 4.33. The molecule has 0 unspecified atom stereocenters. The molecule has 0 aliphatic heterocycles. The van der Waals surface area contributed by atoms with Crippen molar-refractivity contribution in [2.75, 3.05) is 0 Å². The maximum atomic E-state index is 11.3. The van der Waals surface area contributed by atoms with Crippen LogP contribution in [0.15, 0.2) is 11.6 Å². The number of hydrogen-bond donors (Lipinski definition) is 1. The van der Waals surface area contributed by atoms with Crippen LogP contribution in [0.4, 0.5) is 0 Å². The van der Waals surface area contributed by atoms with Gasteiger partial charge >= 0.3 is 5.97 Å². The molecule has 0 saturated heterocycles. The van der Waals surface area contributed by atoms with E-state index in [1.807, 2.05) is 6.08 Å². The maximum absolute atomic E-state index is 11.3. The first-order valence-electron chi connectivity index (χ1n) is 6.09. The van der Waals surface area contributed by atoms with Crippen LogP contribution in [0.25, 0.3) is 0 Å². The molecular weight excluding hydrogens is 220 g/mol. The van der Waals surface area contributed by atoms with E-state index < -0.39 is 11.8 Å². The highest BCUT2D eigenvalue weighted by atomic mass is 16.4. The molecule has 0 aromatic heterocycles. The van der Waals surface area contributed by atoms with Gasteiger partial charge in [0, 0.05) is 12.8 Å². The van der Waals surface area contributed by atoms with Gasteiger partial charge in [-0.15, -0.1) is 0 Å². The van der Waals surface area contributed by atoms with Gasteiger partial charge in [0.1, 0.15) is 0 Å². The fourth-order valence-electron chi connectivity index (χ4n) is 1.95. The Hall–Kier alpha value is -1.45. The van der Waals surface area contributed by atoms with E-state index in [4.69, 9.17) is 5.11 Å². The number of carboxylic acid groups (broad SMARTS) is 1. The molecule has 0 heterocycles. The first-order chi connectivity index (χ1) is 8.11. The van der Waals surface area contributed by atoms with Crippen LogP contribution in [0.3, 0.4) is 0 Å². The molecule has 0 saturated carbocycles. The first kappa shape index (κ1) is 13.6. The topological polar surface area (TPSA) is 71.4 Å². The fraction of sp³-hybridized carbons (Fsp3) is 0.615. The molecule has 0 aromatic rings. The van der Waals surface area contributed by atoms with Crippen LogP contribution in [0.1, 0.15) is 51.4 Å². The number of aliphatic carboxylic acids is 1. The van der Waals surface area contributed by atoms with Gasteiger partial charge in [-0.05, 0) is 31.3 Å². The van der Waals surface area contributed by atoms with E-state index in [1.54, 1.807) is 0 Å². The van der Waals surface area contributed by atoms with E-state index in [2.05, 4.69) is 0 Å². The van der Waals surface area contributed by atoms with Crippen LogP contribution >= 0.6 is 0 Å². The van der Waals surface area contributed by atoms with Gasteiger partial charge in [-0.2, -0.15) is 0 Å². The molecule has 4 heteroatoms. The summed E-state index contributed by atoms with van der Waals surface area (Å²) in [7, 11) is 0. The molecule has 0 bridgehead atoms. The highest BCUT2D eigenvalue weighted by Gasteiger charge is 2.14. The zero-order valence-corrected chi connectivity index (χ0v) is 9.91. The van der Waals surface area contributed by atoms with Crippen LogP contribution in [-0.4, -0.2) is 22.6 Å².